The molecule has 0 aromatic carbocycles. The van der Waals surface area contributed by atoms with E-state index in [9.17, 15) is 9.90 Å². The third-order valence-corrected chi connectivity index (χ3v) is 4.55. The molecular formula is C15H23N3O2S. The summed E-state index contributed by atoms with van der Waals surface area (Å²) in [4.78, 5) is 17.0. The molecule has 0 saturated carbocycles. The molecule has 21 heavy (non-hydrogen) atoms. The number of hydrogen-bond acceptors (Lipinski definition) is 5. The van der Waals surface area contributed by atoms with Crippen LogP contribution in [-0.4, -0.2) is 66.6 Å². The number of thiophene rings is 1. The number of piperazine rings is 1. The van der Waals surface area contributed by atoms with E-state index in [1.54, 1.807) is 17.4 Å². The molecular weight excluding hydrogens is 286 g/mol. The zero-order valence-electron chi connectivity index (χ0n) is 12.2. The quantitative estimate of drug-likeness (QED) is 0.728. The van der Waals surface area contributed by atoms with Crippen molar-refractivity contribution in [3.63, 3.8) is 0 Å². The Labute approximate surface area is 129 Å². The third kappa shape index (κ3) is 5.24. The second kappa shape index (κ2) is 8.29. The fraction of sp³-hybridized carbons (Fsp3) is 0.533. The number of rotatable bonds is 7. The molecule has 1 aromatic rings. The molecule has 0 bridgehead atoms. The average molecular weight is 309 g/mol. The van der Waals surface area contributed by atoms with E-state index in [1.807, 2.05) is 17.5 Å². The second-order valence-corrected chi connectivity index (χ2v) is 6.18. The van der Waals surface area contributed by atoms with E-state index in [1.165, 1.54) is 0 Å². The van der Waals surface area contributed by atoms with Crippen LogP contribution in [0.1, 0.15) is 11.0 Å². The molecule has 1 fully saturated rings. The van der Waals surface area contributed by atoms with Gasteiger partial charge in [-0.1, -0.05) is 12.1 Å². The normalized spacial score (nSPS) is 18.3. The molecule has 2 rings (SSSR count). The van der Waals surface area contributed by atoms with Gasteiger partial charge in [-0.15, -0.1) is 17.9 Å². The van der Waals surface area contributed by atoms with Crippen LogP contribution >= 0.6 is 11.3 Å². The number of carbonyl (C=O) groups excluding carboxylic acids is 1. The van der Waals surface area contributed by atoms with Crippen molar-refractivity contribution >= 4 is 17.2 Å². The standard InChI is InChI=1S/C15H23N3O2S/c1-2-5-16-15(20)12-18-8-6-17(7-9-18)11-13(19)14-4-3-10-21-14/h2-4,10,13,19H,1,5-9,11-12H2,(H,16,20)/t13-/m0/s1. The molecule has 1 aliphatic rings. The maximum atomic E-state index is 11.6. The average Bonchev–Trinajstić information content (AvgIpc) is 3.01. The summed E-state index contributed by atoms with van der Waals surface area (Å²) in [6, 6.07) is 3.93. The summed E-state index contributed by atoms with van der Waals surface area (Å²) >= 11 is 1.59. The van der Waals surface area contributed by atoms with Gasteiger partial charge < -0.3 is 10.4 Å². The van der Waals surface area contributed by atoms with Crippen LogP contribution in [0.25, 0.3) is 0 Å². The lowest BCUT2D eigenvalue weighted by Gasteiger charge is -2.35. The minimum absolute atomic E-state index is 0.0435. The lowest BCUT2D eigenvalue weighted by molar-refractivity contribution is -0.122. The highest BCUT2D eigenvalue weighted by atomic mass is 32.1. The van der Waals surface area contributed by atoms with Crippen molar-refractivity contribution < 1.29 is 9.90 Å². The Balaban J connectivity index is 1.68. The molecule has 1 amide bonds. The summed E-state index contributed by atoms with van der Waals surface area (Å²) in [7, 11) is 0. The number of hydrogen-bond donors (Lipinski definition) is 2. The van der Waals surface area contributed by atoms with Crippen LogP contribution in [0.3, 0.4) is 0 Å². The van der Waals surface area contributed by atoms with Crippen LogP contribution in [0.4, 0.5) is 0 Å². The second-order valence-electron chi connectivity index (χ2n) is 5.20. The fourth-order valence-corrected chi connectivity index (χ4v) is 3.09. The van der Waals surface area contributed by atoms with Gasteiger partial charge in [-0.2, -0.15) is 0 Å². The van der Waals surface area contributed by atoms with Crippen molar-refractivity contribution in [2.75, 3.05) is 45.8 Å². The number of β-amino-alcohol motifs (C(OH)–C–C–N with tert-alkyl or cyclic N) is 1. The van der Waals surface area contributed by atoms with Gasteiger partial charge in [-0.25, -0.2) is 0 Å². The van der Waals surface area contributed by atoms with Crippen molar-refractivity contribution in [2.45, 2.75) is 6.10 Å². The Morgan fingerprint density at radius 3 is 2.76 bits per heavy atom. The smallest absolute Gasteiger partial charge is 0.234 e. The van der Waals surface area contributed by atoms with E-state index in [4.69, 9.17) is 0 Å². The van der Waals surface area contributed by atoms with Gasteiger partial charge in [0.2, 0.25) is 5.91 Å². The Hall–Kier alpha value is -1.21. The Bertz CT molecular complexity index is 442. The molecule has 0 radical (unpaired) electrons. The lowest BCUT2D eigenvalue weighted by Crippen LogP contribution is -2.50. The SMILES string of the molecule is C=CCNC(=O)CN1CCN(C[C@H](O)c2cccs2)CC1. The predicted octanol–water partition coefficient (Wildman–Crippen LogP) is 0.701. The predicted molar refractivity (Wildman–Crippen MR) is 85.4 cm³/mol. The molecule has 1 aromatic heterocycles. The van der Waals surface area contributed by atoms with Gasteiger partial charge in [0.25, 0.3) is 0 Å². The first kappa shape index (κ1) is 16.2. The largest absolute Gasteiger partial charge is 0.386 e. The molecule has 0 spiro atoms. The first-order chi connectivity index (χ1) is 10.2. The van der Waals surface area contributed by atoms with Gasteiger partial charge >= 0.3 is 0 Å². The highest BCUT2D eigenvalue weighted by molar-refractivity contribution is 7.10. The fourth-order valence-electron chi connectivity index (χ4n) is 2.39. The van der Waals surface area contributed by atoms with E-state index in [0.29, 0.717) is 19.6 Å². The summed E-state index contributed by atoms with van der Waals surface area (Å²) < 4.78 is 0. The molecule has 6 heteroatoms. The summed E-state index contributed by atoms with van der Waals surface area (Å²) in [5, 5.41) is 14.9. The van der Waals surface area contributed by atoms with Crippen LogP contribution in [-0.2, 0) is 4.79 Å². The summed E-state index contributed by atoms with van der Waals surface area (Å²) in [6.07, 6.45) is 1.27. The molecule has 0 aliphatic carbocycles. The summed E-state index contributed by atoms with van der Waals surface area (Å²) in [5.74, 6) is 0.0435. The molecule has 2 heterocycles. The number of nitrogens with one attached hydrogen (secondary N) is 1. The van der Waals surface area contributed by atoms with E-state index >= 15 is 0 Å². The third-order valence-electron chi connectivity index (χ3n) is 3.58. The van der Waals surface area contributed by atoms with Crippen molar-refractivity contribution in [3.8, 4) is 0 Å². The van der Waals surface area contributed by atoms with Crippen LogP contribution in [0.15, 0.2) is 30.2 Å². The topological polar surface area (TPSA) is 55.8 Å². The number of carbonyl (C=O) groups is 1. The first-order valence-corrected chi connectivity index (χ1v) is 8.11. The number of nitrogens with zero attached hydrogens (tertiary/aromatic N) is 2. The zero-order valence-corrected chi connectivity index (χ0v) is 13.0. The van der Waals surface area contributed by atoms with Crippen molar-refractivity contribution in [2.24, 2.45) is 0 Å². The molecule has 1 saturated heterocycles. The van der Waals surface area contributed by atoms with Crippen molar-refractivity contribution in [1.29, 1.82) is 0 Å². The van der Waals surface area contributed by atoms with Crippen molar-refractivity contribution in [3.05, 3.63) is 35.0 Å². The first-order valence-electron chi connectivity index (χ1n) is 7.23. The van der Waals surface area contributed by atoms with Gasteiger partial charge in [0.15, 0.2) is 0 Å². The molecule has 5 nitrogen and oxygen atoms in total. The van der Waals surface area contributed by atoms with Crippen LogP contribution < -0.4 is 5.32 Å². The number of amides is 1. The molecule has 0 unspecified atom stereocenters. The maximum Gasteiger partial charge on any atom is 0.234 e. The summed E-state index contributed by atoms with van der Waals surface area (Å²) in [5.41, 5.74) is 0. The van der Waals surface area contributed by atoms with Gasteiger partial charge in [0.05, 0.1) is 6.54 Å². The Morgan fingerprint density at radius 1 is 1.43 bits per heavy atom. The van der Waals surface area contributed by atoms with E-state index < -0.39 is 6.10 Å². The van der Waals surface area contributed by atoms with Gasteiger partial charge in [0.1, 0.15) is 6.10 Å². The molecule has 1 aliphatic heterocycles. The highest BCUT2D eigenvalue weighted by Gasteiger charge is 2.21. The zero-order chi connectivity index (χ0) is 15.1. The molecule has 2 N–H and O–H groups in total. The minimum atomic E-state index is -0.410. The van der Waals surface area contributed by atoms with Gasteiger partial charge in [-0.05, 0) is 11.4 Å². The van der Waals surface area contributed by atoms with E-state index in [-0.39, 0.29) is 5.91 Å². The van der Waals surface area contributed by atoms with Gasteiger partial charge in [0, 0.05) is 44.1 Å². The van der Waals surface area contributed by atoms with Crippen LogP contribution in [0, 0.1) is 0 Å². The van der Waals surface area contributed by atoms with Crippen LogP contribution in [0.2, 0.25) is 0 Å². The number of aliphatic hydroxyl groups is 1. The van der Waals surface area contributed by atoms with Gasteiger partial charge in [-0.3, -0.25) is 14.6 Å². The maximum absolute atomic E-state index is 11.6. The Kier molecular flexibility index (Phi) is 6.38. The highest BCUT2D eigenvalue weighted by Crippen LogP contribution is 2.20. The van der Waals surface area contributed by atoms with Crippen molar-refractivity contribution in [1.82, 2.24) is 15.1 Å². The minimum Gasteiger partial charge on any atom is -0.386 e. The molecule has 116 valence electrons. The number of aliphatic hydroxyl groups excluding tert-OH is 1. The Morgan fingerprint density at radius 2 is 2.14 bits per heavy atom. The van der Waals surface area contributed by atoms with E-state index in [2.05, 4.69) is 21.7 Å². The monoisotopic (exact) mass is 309 g/mol. The summed E-state index contributed by atoms with van der Waals surface area (Å²) in [6.45, 7) is 8.69. The lowest BCUT2D eigenvalue weighted by atomic mass is 10.2. The van der Waals surface area contributed by atoms with Crippen LogP contribution in [0.5, 0.6) is 0 Å². The molecule has 1 atom stereocenters. The van der Waals surface area contributed by atoms with E-state index in [0.717, 1.165) is 31.1 Å².